The molecule has 0 radical (unpaired) electrons. The van der Waals surface area contributed by atoms with Crippen LogP contribution >= 0.6 is 23.2 Å². The molecule has 21 rings (SSSR count). The second-order valence-electron chi connectivity index (χ2n) is 31.3. The molecule has 0 spiro atoms. The Balaban J connectivity index is 0.000000102. The average molecular weight is 1570 g/mol. The summed E-state index contributed by atoms with van der Waals surface area (Å²) < 4.78 is 51.2. The maximum atomic E-state index is 10.1. The van der Waals surface area contributed by atoms with Gasteiger partial charge in [-0.15, -0.1) is 23.2 Å². The Kier molecular flexibility index (Phi) is 21.5. The Labute approximate surface area is 668 Å². The van der Waals surface area contributed by atoms with Crippen molar-refractivity contribution in [1.82, 2.24) is 29.5 Å². The molecule has 0 saturated heterocycles. The van der Waals surface area contributed by atoms with Gasteiger partial charge < -0.3 is 71.9 Å². The molecule has 6 aromatic carbocycles. The van der Waals surface area contributed by atoms with Gasteiger partial charge in [0, 0.05) is 159 Å². The van der Waals surface area contributed by atoms with Crippen LogP contribution in [0.15, 0.2) is 127 Å². The first-order chi connectivity index (χ1) is 55.0. The summed E-state index contributed by atoms with van der Waals surface area (Å²) in [4.78, 5) is 15.9. The van der Waals surface area contributed by atoms with Gasteiger partial charge in [-0.25, -0.2) is 0 Å². The lowest BCUT2D eigenvalue weighted by atomic mass is 9.86. The zero-order valence-electron chi connectivity index (χ0n) is 65.4. The highest BCUT2D eigenvalue weighted by atomic mass is 35.5. The van der Waals surface area contributed by atoms with Gasteiger partial charge in [-0.1, -0.05) is 55.5 Å². The summed E-state index contributed by atoms with van der Waals surface area (Å²) in [5.41, 5.74) is 21.2. The number of aromatic nitrogens is 1. The molecule has 5 aromatic heterocycles. The molecule has 113 heavy (non-hydrogen) atoms. The van der Waals surface area contributed by atoms with E-state index in [1.165, 1.54) is 72.2 Å². The number of nitrogens with one attached hydrogen (secondary N) is 1. The van der Waals surface area contributed by atoms with Crippen molar-refractivity contribution in [3.8, 4) is 57.5 Å². The number of phenolic OH excluding ortho intramolecular Hbond substituents is 5. The van der Waals surface area contributed by atoms with Crippen molar-refractivity contribution >= 4 is 34.1 Å². The van der Waals surface area contributed by atoms with Gasteiger partial charge >= 0.3 is 0 Å². The number of hydrogen-bond donors (Lipinski definition) is 6. The highest BCUT2D eigenvalue weighted by molar-refractivity contribution is 6.18. The van der Waals surface area contributed by atoms with Gasteiger partial charge in [-0.05, 0) is 175 Å². The van der Waals surface area contributed by atoms with E-state index in [2.05, 4.69) is 84.9 Å². The number of alkyl halides is 2. The van der Waals surface area contributed by atoms with Crippen molar-refractivity contribution in [3.05, 3.63) is 244 Å². The number of aromatic hydroxyl groups is 5. The van der Waals surface area contributed by atoms with Crippen LogP contribution in [0.3, 0.4) is 0 Å². The fourth-order valence-electron chi connectivity index (χ4n) is 19.7. The van der Waals surface area contributed by atoms with Crippen molar-refractivity contribution in [2.75, 3.05) is 80.0 Å². The Morgan fingerprint density at radius 2 is 0.752 bits per heavy atom. The molecule has 11 aromatic rings. The summed E-state index contributed by atoms with van der Waals surface area (Å²) in [6.07, 6.45) is 12.1. The zero-order valence-corrected chi connectivity index (χ0v) is 66.9. The monoisotopic (exact) mass is 1570 g/mol. The van der Waals surface area contributed by atoms with E-state index in [1.54, 1.807) is 65.9 Å². The van der Waals surface area contributed by atoms with E-state index in [4.69, 9.17) is 64.6 Å². The minimum atomic E-state index is 0.213. The van der Waals surface area contributed by atoms with E-state index in [1.807, 2.05) is 37.3 Å². The predicted molar refractivity (Wildman–Crippen MR) is 432 cm³/mol. The number of nitrogens with zero attached hydrogens (tertiary/aromatic N) is 5. The number of furan rings is 4. The number of rotatable bonds is 10. The van der Waals surface area contributed by atoms with Crippen LogP contribution in [0.1, 0.15) is 172 Å². The second-order valence-corrected chi connectivity index (χ2v) is 32.1. The molecule has 10 aliphatic rings. The minimum Gasteiger partial charge on any atom is -0.504 e. The van der Waals surface area contributed by atoms with Gasteiger partial charge in [0.15, 0.2) is 57.5 Å². The molecular weight excluding hydrogens is 1470 g/mol. The van der Waals surface area contributed by atoms with Gasteiger partial charge in [0.2, 0.25) is 0 Å². The number of ether oxygens (including phenoxy) is 5. The predicted octanol–water partition coefficient (Wildman–Crippen LogP) is 16.6. The molecule has 6 N–H and O–H groups in total. The first kappa shape index (κ1) is 76.0. The van der Waals surface area contributed by atoms with E-state index in [9.17, 15) is 25.5 Å². The fraction of sp³-hybridized carbons (Fsp3) is 0.407. The lowest BCUT2D eigenvalue weighted by molar-refractivity contribution is 0.135. The summed E-state index contributed by atoms with van der Waals surface area (Å²) in [7, 11) is 8.10. The maximum absolute atomic E-state index is 10.1. The number of fused-ring (bicyclic) bond motifs is 22. The lowest BCUT2D eigenvalue weighted by Gasteiger charge is -2.40. The first-order valence-electron chi connectivity index (χ1n) is 39.8. The van der Waals surface area contributed by atoms with Crippen LogP contribution in [0.5, 0.6) is 57.5 Å². The lowest BCUT2D eigenvalue weighted by Crippen LogP contribution is -2.39. The number of methoxy groups -OCH3 is 5. The summed E-state index contributed by atoms with van der Waals surface area (Å²) >= 11 is 11.7. The molecule has 0 saturated carbocycles. The van der Waals surface area contributed by atoms with E-state index >= 15 is 0 Å². The Morgan fingerprint density at radius 3 is 1.19 bits per heavy atom. The summed E-state index contributed by atoms with van der Waals surface area (Å²) in [6, 6.07) is 37.7. The molecule has 22 heteroatoms. The third-order valence-corrected chi connectivity index (χ3v) is 25.6. The molecule has 0 unspecified atom stereocenters. The van der Waals surface area contributed by atoms with Crippen molar-refractivity contribution < 1.29 is 66.9 Å². The quantitative estimate of drug-likeness (QED) is 0.0699. The van der Waals surface area contributed by atoms with Crippen LogP contribution in [-0.4, -0.2) is 135 Å². The number of hydrogen-bond acceptors (Lipinski definition) is 19. The van der Waals surface area contributed by atoms with Crippen LogP contribution in [0.25, 0.3) is 10.9 Å². The topological polar surface area (TPSA) is 232 Å². The second kappa shape index (κ2) is 32.0. The van der Waals surface area contributed by atoms with Crippen LogP contribution in [0.2, 0.25) is 0 Å². The van der Waals surface area contributed by atoms with Crippen molar-refractivity contribution in [1.29, 1.82) is 0 Å². The highest BCUT2D eigenvalue weighted by Gasteiger charge is 2.42. The number of H-pyrrole nitrogens is 1. The molecule has 0 aliphatic carbocycles. The third-order valence-electron chi connectivity index (χ3n) is 25.2. The smallest absolute Gasteiger partial charge is 0.165 e. The maximum Gasteiger partial charge on any atom is 0.165 e. The molecule has 5 atom stereocenters. The summed E-state index contributed by atoms with van der Waals surface area (Å²) in [5.74, 6) is 13.9. The number of halogens is 2. The largest absolute Gasteiger partial charge is 0.504 e. The normalized spacial score (nSPS) is 20.0. The molecule has 10 aliphatic heterocycles. The number of aromatic amines is 1. The molecule has 0 amide bonds. The number of para-hydroxylation sites is 1. The average Bonchev–Trinajstić information content (AvgIpc) is 1.000. The molecule has 20 nitrogen and oxygen atoms in total. The van der Waals surface area contributed by atoms with Crippen LogP contribution in [0, 0.1) is 6.92 Å². The summed E-state index contributed by atoms with van der Waals surface area (Å²) in [5, 5.41) is 51.4. The Morgan fingerprint density at radius 1 is 0.389 bits per heavy atom. The Hall–Kier alpha value is -9.64. The van der Waals surface area contributed by atoms with Crippen molar-refractivity contribution in [2.45, 2.75) is 160 Å². The van der Waals surface area contributed by atoms with Gasteiger partial charge in [-0.3, -0.25) is 24.5 Å². The van der Waals surface area contributed by atoms with Crippen molar-refractivity contribution in [3.63, 3.8) is 0 Å². The first-order valence-corrected chi connectivity index (χ1v) is 40.9. The van der Waals surface area contributed by atoms with Gasteiger partial charge in [0.25, 0.3) is 0 Å². The fourth-order valence-corrected chi connectivity index (χ4v) is 20.1. The molecule has 592 valence electrons. The molecule has 15 heterocycles. The van der Waals surface area contributed by atoms with Crippen LogP contribution in [-0.2, 0) is 116 Å². The number of benzene rings is 6. The van der Waals surface area contributed by atoms with Gasteiger partial charge in [0.05, 0.1) is 59.7 Å². The van der Waals surface area contributed by atoms with Crippen LogP contribution in [0.4, 0.5) is 0 Å². The zero-order chi connectivity index (χ0) is 78.0. The Bertz CT molecular complexity index is 5240. The van der Waals surface area contributed by atoms with Gasteiger partial charge in [0.1, 0.15) is 46.1 Å². The van der Waals surface area contributed by atoms with E-state index in [0.717, 1.165) is 223 Å². The molecule has 0 fully saturated rings. The van der Waals surface area contributed by atoms with Crippen LogP contribution < -0.4 is 23.7 Å². The summed E-state index contributed by atoms with van der Waals surface area (Å²) in [6.45, 7) is 13.2. The SMILES string of the molecule is CCc1cc2c(o1)[C@@H]1Cc3ccc(O)c(OC)c3CN1CC2.COc1c(O)ccc2c1CN1CCc3c([nH]c4ccccc34)[C@@H]1C2.COc1c(O)ccc2c1CN1CCc3cc(C)oc3[C@@H]1C2.COc1c(O)ccc2c1CN1CCc3cc(CCCl)oc3[C@@H]1C2.COc1c(O)ccc2c1CN1CCc3oc(CCCl)cc3[C@@H]1C2. The highest BCUT2D eigenvalue weighted by Crippen LogP contribution is 2.51. The minimum absolute atomic E-state index is 0.213. The van der Waals surface area contributed by atoms with E-state index in [0.29, 0.717) is 64.7 Å². The number of phenols is 5. The van der Waals surface area contributed by atoms with Gasteiger partial charge in [-0.2, -0.15) is 0 Å². The third kappa shape index (κ3) is 14.2. The molecular formula is C91H100Cl2N6O14. The number of aryl methyl sites for hydroxylation is 4. The van der Waals surface area contributed by atoms with Crippen molar-refractivity contribution in [2.24, 2.45) is 0 Å². The van der Waals surface area contributed by atoms with E-state index < -0.39 is 0 Å². The molecule has 0 bridgehead atoms. The standard InChI is InChI=1S/C20H20N2O2.2C18H20ClNO3.C18H21NO3.C17H19NO3/c1-24-20-15-11-22-9-8-14-13-4-2-3-5-16(13)21-19(14)17(22)10-12(15)6-7-18(20)23;1-22-18-14-10-20-7-5-12-8-13(4-6-19)23-17(12)15(20)9-11(14)2-3-16(18)21;1-22-18-14-10-20-7-5-17-13(9-12(23-17)4-6-19)15(20)8-11(14)2-3-16(18)21;1-3-13-8-12-6-7-19-10-14-11(9-15(19)17(12)22-13)4-5-16(20)18(14)21-2;1-10-7-12-5-6-18-9-13-11(8-14(18)16(12)21-10)3-4-15(19)17(13)20-2/h2-7,17,21,23H,8-11H2,1H3;2-3,8,15,21H,4-7,9-10H2,1H3;2-3,9,15,21H,4-8,10H2,1H3;4-5,8,15,20H,3,6-7,9-10H2,1-2H3;3-4,7,14,19H,5-6,8-9H2,1-2H3/t17-;3*15-;14-/m00000/s1. The van der Waals surface area contributed by atoms with E-state index in [-0.39, 0.29) is 34.8 Å².